The normalized spacial score (nSPS) is 17.9. The first-order chi connectivity index (χ1) is 9.84. The summed E-state index contributed by atoms with van der Waals surface area (Å²) in [6.07, 6.45) is 9.34. The Balaban J connectivity index is 1.75. The highest BCUT2D eigenvalue weighted by molar-refractivity contribution is 5.61. The summed E-state index contributed by atoms with van der Waals surface area (Å²) in [4.78, 5) is 10.7. The Bertz CT molecular complexity index is 530. The van der Waals surface area contributed by atoms with E-state index in [2.05, 4.69) is 46.1 Å². The standard InChI is InChI=1S/C17H21N3/c1-14(20-9-3-2-4-10-20)15-5-7-16(8-6-15)17-11-18-13-19-12-17/h5-8,11-14H,2-4,9-10H2,1H3/t14-/m1/s1. The zero-order valence-corrected chi connectivity index (χ0v) is 12.0. The molecule has 0 radical (unpaired) electrons. The fourth-order valence-electron chi connectivity index (χ4n) is 2.92. The molecule has 0 unspecified atom stereocenters. The second kappa shape index (κ2) is 6.14. The molecule has 1 aliphatic rings. The highest BCUT2D eigenvalue weighted by atomic mass is 15.2. The van der Waals surface area contributed by atoms with Crippen LogP contribution in [0.1, 0.15) is 37.8 Å². The summed E-state index contributed by atoms with van der Waals surface area (Å²) in [5, 5.41) is 0. The van der Waals surface area contributed by atoms with E-state index in [1.54, 1.807) is 6.33 Å². The van der Waals surface area contributed by atoms with Gasteiger partial charge in [0.25, 0.3) is 0 Å². The van der Waals surface area contributed by atoms with Gasteiger partial charge in [0.05, 0.1) is 0 Å². The second-order valence-corrected chi connectivity index (χ2v) is 5.52. The lowest BCUT2D eigenvalue weighted by Gasteiger charge is -2.32. The maximum absolute atomic E-state index is 4.07. The van der Waals surface area contributed by atoms with Crippen LogP contribution in [0, 0.1) is 0 Å². The van der Waals surface area contributed by atoms with Crippen LogP contribution in [0.3, 0.4) is 0 Å². The summed E-state index contributed by atoms with van der Waals surface area (Å²) in [5.74, 6) is 0. The van der Waals surface area contributed by atoms with Crippen LogP contribution in [0.4, 0.5) is 0 Å². The topological polar surface area (TPSA) is 29.0 Å². The van der Waals surface area contributed by atoms with Gasteiger partial charge in [-0.05, 0) is 44.0 Å². The van der Waals surface area contributed by atoms with Crippen molar-refractivity contribution in [3.8, 4) is 11.1 Å². The van der Waals surface area contributed by atoms with Gasteiger partial charge in [-0.3, -0.25) is 4.90 Å². The molecule has 1 aliphatic heterocycles. The molecule has 0 bridgehead atoms. The molecule has 2 aromatic rings. The van der Waals surface area contributed by atoms with E-state index in [9.17, 15) is 0 Å². The van der Waals surface area contributed by atoms with Gasteiger partial charge in [-0.25, -0.2) is 9.97 Å². The van der Waals surface area contributed by atoms with Gasteiger partial charge < -0.3 is 0 Å². The number of likely N-dealkylation sites (tertiary alicyclic amines) is 1. The Morgan fingerprint density at radius 1 is 0.900 bits per heavy atom. The predicted molar refractivity (Wildman–Crippen MR) is 81.3 cm³/mol. The van der Waals surface area contributed by atoms with Gasteiger partial charge in [0, 0.05) is 24.0 Å². The van der Waals surface area contributed by atoms with Gasteiger partial charge >= 0.3 is 0 Å². The van der Waals surface area contributed by atoms with E-state index in [1.807, 2.05) is 12.4 Å². The molecule has 2 heterocycles. The molecule has 3 rings (SSSR count). The number of benzene rings is 1. The maximum atomic E-state index is 4.07. The summed E-state index contributed by atoms with van der Waals surface area (Å²) in [6.45, 7) is 4.77. The molecule has 1 atom stereocenters. The molecule has 3 nitrogen and oxygen atoms in total. The molecule has 0 N–H and O–H groups in total. The van der Waals surface area contributed by atoms with Crippen LogP contribution in [0.25, 0.3) is 11.1 Å². The third kappa shape index (κ3) is 2.88. The summed E-state index contributed by atoms with van der Waals surface area (Å²) >= 11 is 0. The SMILES string of the molecule is C[C@H](c1ccc(-c2cncnc2)cc1)N1CCCCC1. The monoisotopic (exact) mass is 267 g/mol. The lowest BCUT2D eigenvalue weighted by molar-refractivity contribution is 0.175. The summed E-state index contributed by atoms with van der Waals surface area (Å²) < 4.78 is 0. The number of hydrogen-bond acceptors (Lipinski definition) is 3. The molecule has 104 valence electrons. The zero-order chi connectivity index (χ0) is 13.8. The van der Waals surface area contributed by atoms with Crippen molar-refractivity contribution in [2.24, 2.45) is 0 Å². The van der Waals surface area contributed by atoms with E-state index in [1.165, 1.54) is 43.5 Å². The molecule has 0 spiro atoms. The molecule has 1 saturated heterocycles. The Morgan fingerprint density at radius 2 is 1.55 bits per heavy atom. The van der Waals surface area contributed by atoms with Crippen LogP contribution >= 0.6 is 0 Å². The summed E-state index contributed by atoms with van der Waals surface area (Å²) in [5.41, 5.74) is 3.65. The highest BCUT2D eigenvalue weighted by Gasteiger charge is 2.17. The van der Waals surface area contributed by atoms with Crippen LogP contribution in [-0.2, 0) is 0 Å². The third-order valence-corrected chi connectivity index (χ3v) is 4.23. The largest absolute Gasteiger partial charge is 0.297 e. The van der Waals surface area contributed by atoms with Crippen LogP contribution in [0.15, 0.2) is 43.0 Å². The van der Waals surface area contributed by atoms with E-state index in [4.69, 9.17) is 0 Å². The number of hydrogen-bond donors (Lipinski definition) is 0. The molecule has 1 aromatic carbocycles. The Labute approximate surface area is 120 Å². The quantitative estimate of drug-likeness (QED) is 0.849. The minimum Gasteiger partial charge on any atom is -0.297 e. The van der Waals surface area contributed by atoms with Gasteiger partial charge in [0.1, 0.15) is 6.33 Å². The minimum absolute atomic E-state index is 0.511. The fraction of sp³-hybridized carbons (Fsp3) is 0.412. The van der Waals surface area contributed by atoms with E-state index in [0.29, 0.717) is 6.04 Å². The van der Waals surface area contributed by atoms with E-state index < -0.39 is 0 Å². The highest BCUT2D eigenvalue weighted by Crippen LogP contribution is 2.26. The number of aromatic nitrogens is 2. The van der Waals surface area contributed by atoms with Crippen molar-refractivity contribution in [2.75, 3.05) is 13.1 Å². The lowest BCUT2D eigenvalue weighted by Crippen LogP contribution is -2.32. The van der Waals surface area contributed by atoms with Crippen molar-refractivity contribution in [3.63, 3.8) is 0 Å². The molecule has 0 amide bonds. The van der Waals surface area contributed by atoms with Crippen LogP contribution in [0.2, 0.25) is 0 Å². The fourth-order valence-corrected chi connectivity index (χ4v) is 2.92. The molecule has 20 heavy (non-hydrogen) atoms. The first-order valence-corrected chi connectivity index (χ1v) is 7.44. The summed E-state index contributed by atoms with van der Waals surface area (Å²) in [6, 6.07) is 9.34. The van der Waals surface area contributed by atoms with Crippen molar-refractivity contribution >= 4 is 0 Å². The Hall–Kier alpha value is -1.74. The molecular formula is C17H21N3. The van der Waals surface area contributed by atoms with Gasteiger partial charge in [-0.2, -0.15) is 0 Å². The molecule has 1 aromatic heterocycles. The average Bonchev–Trinajstić information content (AvgIpc) is 2.56. The van der Waals surface area contributed by atoms with Crippen LogP contribution < -0.4 is 0 Å². The Kier molecular flexibility index (Phi) is 4.07. The third-order valence-electron chi connectivity index (χ3n) is 4.23. The lowest BCUT2D eigenvalue weighted by atomic mass is 10.0. The van der Waals surface area contributed by atoms with Crippen molar-refractivity contribution in [1.82, 2.24) is 14.9 Å². The smallest absolute Gasteiger partial charge is 0.115 e. The van der Waals surface area contributed by atoms with E-state index >= 15 is 0 Å². The number of piperidine rings is 1. The molecule has 0 saturated carbocycles. The zero-order valence-electron chi connectivity index (χ0n) is 12.0. The summed E-state index contributed by atoms with van der Waals surface area (Å²) in [7, 11) is 0. The first kappa shape index (κ1) is 13.3. The predicted octanol–water partition coefficient (Wildman–Crippen LogP) is 3.69. The van der Waals surface area contributed by atoms with Crippen LogP contribution in [-0.4, -0.2) is 28.0 Å². The number of nitrogens with zero attached hydrogens (tertiary/aromatic N) is 3. The van der Waals surface area contributed by atoms with Crippen molar-refractivity contribution in [3.05, 3.63) is 48.5 Å². The average molecular weight is 267 g/mol. The van der Waals surface area contributed by atoms with Gasteiger partial charge in [-0.1, -0.05) is 30.7 Å². The van der Waals surface area contributed by atoms with Gasteiger partial charge in [0.15, 0.2) is 0 Å². The molecule has 1 fully saturated rings. The molecule has 3 heteroatoms. The minimum atomic E-state index is 0.511. The van der Waals surface area contributed by atoms with Crippen LogP contribution in [0.5, 0.6) is 0 Å². The maximum Gasteiger partial charge on any atom is 0.115 e. The van der Waals surface area contributed by atoms with Crippen molar-refractivity contribution < 1.29 is 0 Å². The van der Waals surface area contributed by atoms with Crippen molar-refractivity contribution in [1.29, 1.82) is 0 Å². The van der Waals surface area contributed by atoms with Crippen molar-refractivity contribution in [2.45, 2.75) is 32.2 Å². The van der Waals surface area contributed by atoms with Gasteiger partial charge in [-0.15, -0.1) is 0 Å². The Morgan fingerprint density at radius 3 is 2.20 bits per heavy atom. The molecular weight excluding hydrogens is 246 g/mol. The van der Waals surface area contributed by atoms with E-state index in [0.717, 1.165) is 5.56 Å². The molecule has 0 aliphatic carbocycles. The first-order valence-electron chi connectivity index (χ1n) is 7.44. The van der Waals surface area contributed by atoms with E-state index in [-0.39, 0.29) is 0 Å². The second-order valence-electron chi connectivity index (χ2n) is 5.52. The number of rotatable bonds is 3. The van der Waals surface area contributed by atoms with Gasteiger partial charge in [0.2, 0.25) is 0 Å².